The Balaban J connectivity index is 0. The number of hydrogen-bond acceptors (Lipinski definition) is 1. The molecule has 0 fully saturated rings. The summed E-state index contributed by atoms with van der Waals surface area (Å²) in [5.74, 6) is 0.226. The molecule has 0 saturated carbocycles. The molecule has 2 aliphatic carbocycles. The molecule has 0 saturated heterocycles. The number of ketones is 1. The Bertz CT molecular complexity index is 964. The number of Topliss-reactive ketones (excluding diaryl/α,β-unsaturated/α-hetero) is 1. The van der Waals surface area contributed by atoms with Crippen molar-refractivity contribution in [3.63, 3.8) is 0 Å². The lowest BCUT2D eigenvalue weighted by molar-refractivity contribution is 0.0876. The van der Waals surface area contributed by atoms with Gasteiger partial charge in [0.2, 0.25) is 0 Å². The van der Waals surface area contributed by atoms with Crippen LogP contribution in [0.3, 0.4) is 0 Å². The van der Waals surface area contributed by atoms with Gasteiger partial charge >= 0.3 is 0 Å². The van der Waals surface area contributed by atoms with Gasteiger partial charge in [0.15, 0.2) is 5.78 Å². The van der Waals surface area contributed by atoms with Crippen molar-refractivity contribution in [2.24, 2.45) is 10.8 Å². The zero-order valence-corrected chi connectivity index (χ0v) is 28.9. The Morgan fingerprint density at radius 1 is 0.571 bits per heavy atom. The quantitative estimate of drug-likeness (QED) is 0.279. The molecular weight excluding hydrogens is 968 g/mol. The van der Waals surface area contributed by atoms with E-state index >= 15 is 0 Å². The summed E-state index contributed by atoms with van der Waals surface area (Å²) in [6, 6.07) is 8.43. The van der Waals surface area contributed by atoms with Crippen LogP contribution in [0.15, 0.2) is 42.2 Å². The Hall–Kier alpha value is 1.95. The van der Waals surface area contributed by atoms with Gasteiger partial charge in [0.1, 0.15) is 0 Å². The molecule has 0 spiro atoms. The zero-order valence-electron chi connectivity index (χ0n) is 16.2. The number of alkyl halides is 4. The minimum atomic E-state index is -0.317. The molecule has 9 heteroatoms. The van der Waals surface area contributed by atoms with Crippen LogP contribution in [-0.4, -0.2) is 27.1 Å². The fourth-order valence-electron chi connectivity index (χ4n) is 3.98. The third-order valence-corrected chi connectivity index (χ3v) is 14.1. The van der Waals surface area contributed by atoms with E-state index in [9.17, 15) is 4.79 Å². The average molecular weight is 1000 g/mol. The number of rotatable bonds is 4. The van der Waals surface area contributed by atoms with E-state index in [1.807, 2.05) is 12.1 Å². The summed E-state index contributed by atoms with van der Waals surface area (Å²) in [7, 11) is 0. The van der Waals surface area contributed by atoms with Crippen LogP contribution in [0.1, 0.15) is 56.8 Å². The van der Waals surface area contributed by atoms with Gasteiger partial charge in [-0.25, -0.2) is 0 Å². The fraction of sp³-hybridized carbons (Fsp3) is 0.500. The minimum Gasteiger partial charge on any atom is -0.293 e. The maximum atomic E-state index is 12.3. The smallest absolute Gasteiger partial charge is 0.171 e. The summed E-state index contributed by atoms with van der Waals surface area (Å²) >= 11 is 28.2. The highest BCUT2D eigenvalue weighted by Gasteiger charge is 2.44. The van der Waals surface area contributed by atoms with Crippen LogP contribution in [-0.2, 0) is 19.3 Å². The van der Waals surface area contributed by atoms with Crippen molar-refractivity contribution in [3.8, 4) is 0 Å². The fourth-order valence-corrected chi connectivity index (χ4v) is 9.05. The van der Waals surface area contributed by atoms with E-state index in [0.717, 1.165) is 58.9 Å². The third kappa shape index (κ3) is 8.23. The highest BCUT2D eigenvalue weighted by atomic mass is 79.9. The van der Waals surface area contributed by atoms with Crippen molar-refractivity contribution in [2.75, 3.05) is 21.3 Å². The van der Waals surface area contributed by atoms with Gasteiger partial charge in [-0.3, -0.25) is 4.79 Å². The lowest BCUT2D eigenvalue weighted by Crippen LogP contribution is -2.31. The molecule has 35 heavy (non-hydrogen) atoms. The van der Waals surface area contributed by atoms with Crippen molar-refractivity contribution >= 4 is 133 Å². The molecule has 0 radical (unpaired) electrons. The molecule has 200 valence electrons. The normalized spacial score (nSPS) is 15.7. The molecule has 0 N–H and O–H groups in total. The first kappa shape index (κ1) is 39.1. The van der Waals surface area contributed by atoms with E-state index in [1.165, 1.54) is 11.1 Å². The van der Waals surface area contributed by atoms with Gasteiger partial charge in [-0.05, 0) is 129 Å². The zero-order chi connectivity index (χ0) is 23.0. The number of halogens is 8. The second-order valence-corrected chi connectivity index (χ2v) is 13.8. The Morgan fingerprint density at radius 3 is 1.31 bits per heavy atom. The van der Waals surface area contributed by atoms with E-state index in [4.69, 9.17) is 0 Å². The Labute approximate surface area is 280 Å². The molecule has 2 aliphatic rings. The average Bonchev–Trinajstić information content (AvgIpc) is 3.25. The minimum absolute atomic E-state index is 0. The molecule has 4 rings (SSSR count). The molecule has 0 bridgehead atoms. The predicted molar refractivity (Wildman–Crippen MR) is 186 cm³/mol. The predicted octanol–water partition coefficient (Wildman–Crippen LogP) is 12.4. The van der Waals surface area contributed by atoms with Gasteiger partial charge in [0, 0.05) is 44.8 Å². The second kappa shape index (κ2) is 16.3. The van der Waals surface area contributed by atoms with Crippen molar-refractivity contribution in [2.45, 2.75) is 49.0 Å². The topological polar surface area (TPSA) is 17.1 Å². The molecule has 0 atom stereocenters. The summed E-state index contributed by atoms with van der Waals surface area (Å²) in [5, 5.41) is 3.48. The number of carbonyl (C=O) groups is 1. The van der Waals surface area contributed by atoms with Crippen molar-refractivity contribution in [1.82, 2.24) is 0 Å². The second-order valence-electron chi connectivity index (χ2n) is 8.13. The van der Waals surface area contributed by atoms with Gasteiger partial charge in [-0.1, -0.05) is 93.4 Å². The van der Waals surface area contributed by atoms with E-state index in [1.54, 1.807) is 0 Å². The van der Waals surface area contributed by atoms with Crippen molar-refractivity contribution in [1.29, 1.82) is 0 Å². The van der Waals surface area contributed by atoms with E-state index in [-0.39, 0.29) is 40.9 Å². The third-order valence-electron chi connectivity index (χ3n) is 5.85. The van der Waals surface area contributed by atoms with Gasteiger partial charge in [0.25, 0.3) is 0 Å². The molecule has 0 aromatic heterocycles. The molecule has 0 heterocycles. The van der Waals surface area contributed by atoms with Gasteiger partial charge in [0.05, 0.1) is 5.41 Å². The summed E-state index contributed by atoms with van der Waals surface area (Å²) in [4.78, 5) is 12.3. The first-order valence-electron chi connectivity index (χ1n) is 9.37. The molecule has 0 aliphatic heterocycles. The SMILES string of the molecule is BrCC1(CBr)Cc2cc(Br)c(Br)cc2C1.C.C.C.C.O=C1c2cc(Br)c(Br)cc2CC1(CBr)CBr. The Kier molecular flexibility index (Phi) is 18.2. The van der Waals surface area contributed by atoms with Crippen LogP contribution in [0, 0.1) is 10.8 Å². The Morgan fingerprint density at radius 2 is 0.943 bits per heavy atom. The van der Waals surface area contributed by atoms with Crippen LogP contribution in [0.2, 0.25) is 0 Å². The highest BCUT2D eigenvalue weighted by Crippen LogP contribution is 2.43. The van der Waals surface area contributed by atoms with Gasteiger partial charge < -0.3 is 0 Å². The first-order valence-corrected chi connectivity index (χ1v) is 17.0. The van der Waals surface area contributed by atoms with Crippen molar-refractivity contribution in [3.05, 3.63) is 64.4 Å². The van der Waals surface area contributed by atoms with Gasteiger partial charge in [-0.2, -0.15) is 0 Å². The van der Waals surface area contributed by atoms with Crippen molar-refractivity contribution < 1.29 is 4.79 Å². The van der Waals surface area contributed by atoms with E-state index < -0.39 is 0 Å². The highest BCUT2D eigenvalue weighted by molar-refractivity contribution is 9.13. The summed E-state index contributed by atoms with van der Waals surface area (Å²) in [5.41, 5.74) is 4.96. The molecule has 1 nitrogen and oxygen atoms in total. The maximum Gasteiger partial charge on any atom is 0.171 e. The number of fused-ring (bicyclic) bond motifs is 2. The van der Waals surface area contributed by atoms with E-state index in [2.05, 4.69) is 140 Å². The number of benzene rings is 2. The molecular formula is C26H34Br8O. The van der Waals surface area contributed by atoms with Crippen LogP contribution in [0.5, 0.6) is 0 Å². The molecule has 2 aromatic carbocycles. The maximum absolute atomic E-state index is 12.3. The lowest BCUT2D eigenvalue weighted by atomic mass is 9.89. The first-order chi connectivity index (χ1) is 14.6. The summed E-state index contributed by atoms with van der Waals surface area (Å²) in [6.45, 7) is 0. The summed E-state index contributed by atoms with van der Waals surface area (Å²) < 4.78 is 4.24. The monoisotopic (exact) mass is 994 g/mol. The molecule has 0 unspecified atom stereocenters. The molecule has 2 aromatic rings. The van der Waals surface area contributed by atoms with Crippen LogP contribution in [0.25, 0.3) is 0 Å². The number of hydrogen-bond donors (Lipinski definition) is 0. The summed E-state index contributed by atoms with van der Waals surface area (Å²) in [6.07, 6.45) is 3.11. The largest absolute Gasteiger partial charge is 0.293 e. The molecule has 0 amide bonds. The number of carbonyl (C=O) groups excluding carboxylic acids is 1. The lowest BCUT2D eigenvalue weighted by Gasteiger charge is -2.23. The van der Waals surface area contributed by atoms with E-state index in [0.29, 0.717) is 16.1 Å². The van der Waals surface area contributed by atoms with Crippen LogP contribution in [0.4, 0.5) is 0 Å². The van der Waals surface area contributed by atoms with Crippen LogP contribution >= 0.6 is 127 Å². The standard InChI is InChI=1S/C11H8Br4O.C11H10Br4.4CH4/c12-4-11(5-13)3-6-1-8(14)9(15)2-7(6)10(11)16;12-5-11(6-13)3-7-1-9(14)10(15)2-8(7)4-11;;;;/h1-2H,3-5H2;1-2H,3-6H2;4*1H4. The van der Waals surface area contributed by atoms with Crippen LogP contribution < -0.4 is 0 Å². The van der Waals surface area contributed by atoms with Gasteiger partial charge in [-0.15, -0.1) is 0 Å².